The van der Waals surface area contributed by atoms with Crippen LogP contribution in [-0.2, 0) is 11.2 Å². The van der Waals surface area contributed by atoms with Crippen molar-refractivity contribution < 1.29 is 9.53 Å². The van der Waals surface area contributed by atoms with E-state index >= 15 is 0 Å². The van der Waals surface area contributed by atoms with Gasteiger partial charge in [0.25, 0.3) is 0 Å². The molecule has 4 rings (SSSR count). The molecular formula is C24H26ClN3O2. The topological polar surface area (TPSA) is 54.5 Å². The van der Waals surface area contributed by atoms with Crippen molar-refractivity contribution in [2.24, 2.45) is 0 Å². The van der Waals surface area contributed by atoms with E-state index in [0.29, 0.717) is 11.4 Å². The number of nitrogens with one attached hydrogen (secondary N) is 1. The first-order chi connectivity index (χ1) is 14.5. The summed E-state index contributed by atoms with van der Waals surface area (Å²) < 4.78 is 5.47. The molecule has 1 aliphatic heterocycles. The maximum absolute atomic E-state index is 12.8. The molecule has 1 aromatic heterocycles. The number of pyridine rings is 1. The summed E-state index contributed by atoms with van der Waals surface area (Å²) in [6, 6.07) is 13.8. The van der Waals surface area contributed by atoms with Gasteiger partial charge in [-0.25, -0.2) is 0 Å². The lowest BCUT2D eigenvalue weighted by atomic mass is 9.99. The molecule has 5 nitrogen and oxygen atoms in total. The molecular weight excluding hydrogens is 398 g/mol. The number of ether oxygens (including phenoxy) is 1. The van der Waals surface area contributed by atoms with Crippen LogP contribution < -0.4 is 15.0 Å². The van der Waals surface area contributed by atoms with E-state index in [1.54, 1.807) is 7.11 Å². The van der Waals surface area contributed by atoms with Gasteiger partial charge in [0.2, 0.25) is 5.91 Å². The first-order valence-electron chi connectivity index (χ1n) is 10.2. The van der Waals surface area contributed by atoms with Gasteiger partial charge in [-0.15, -0.1) is 0 Å². The molecule has 6 heteroatoms. The summed E-state index contributed by atoms with van der Waals surface area (Å²) in [7, 11) is 1.66. The number of aromatic nitrogens is 1. The van der Waals surface area contributed by atoms with Crippen molar-refractivity contribution in [1.29, 1.82) is 0 Å². The van der Waals surface area contributed by atoms with Crippen LogP contribution in [0.25, 0.3) is 10.9 Å². The molecule has 0 saturated carbocycles. The lowest BCUT2D eigenvalue weighted by Crippen LogP contribution is -2.38. The molecule has 0 bridgehead atoms. The zero-order chi connectivity index (χ0) is 21.3. The maximum atomic E-state index is 12.8. The molecule has 0 radical (unpaired) electrons. The smallest absolute Gasteiger partial charge is 0.224 e. The van der Waals surface area contributed by atoms with Crippen molar-refractivity contribution in [3.8, 4) is 5.75 Å². The van der Waals surface area contributed by atoms with Crippen molar-refractivity contribution >= 4 is 34.1 Å². The Hall–Kier alpha value is -2.79. The molecule has 1 saturated heterocycles. The Kier molecular flexibility index (Phi) is 5.82. The maximum Gasteiger partial charge on any atom is 0.224 e. The van der Waals surface area contributed by atoms with E-state index < -0.39 is 0 Å². The van der Waals surface area contributed by atoms with Crippen molar-refractivity contribution in [1.82, 2.24) is 10.3 Å². The minimum Gasteiger partial charge on any atom is -0.495 e. The second-order valence-electron chi connectivity index (χ2n) is 7.81. The number of benzene rings is 2. The number of nitrogens with zero attached hydrogens (tertiary/aromatic N) is 2. The number of rotatable bonds is 5. The highest BCUT2D eigenvalue weighted by Gasteiger charge is 2.26. The van der Waals surface area contributed by atoms with E-state index in [1.807, 2.05) is 43.3 Å². The van der Waals surface area contributed by atoms with Gasteiger partial charge < -0.3 is 15.0 Å². The largest absolute Gasteiger partial charge is 0.495 e. The molecule has 0 spiro atoms. The van der Waals surface area contributed by atoms with Crippen LogP contribution in [0.15, 0.2) is 42.5 Å². The van der Waals surface area contributed by atoms with E-state index in [9.17, 15) is 4.79 Å². The molecule has 0 aliphatic carbocycles. The first-order valence-corrected chi connectivity index (χ1v) is 10.6. The van der Waals surface area contributed by atoms with Crippen LogP contribution in [0.3, 0.4) is 0 Å². The van der Waals surface area contributed by atoms with Gasteiger partial charge in [0.1, 0.15) is 5.75 Å². The lowest BCUT2D eigenvalue weighted by molar-refractivity contribution is -0.121. The number of methoxy groups -OCH3 is 1. The second-order valence-corrected chi connectivity index (χ2v) is 8.25. The number of carbonyl (C=O) groups excluding carboxylic acids is 1. The van der Waals surface area contributed by atoms with Gasteiger partial charge in [0.15, 0.2) is 0 Å². The Morgan fingerprint density at radius 1 is 1.27 bits per heavy atom. The van der Waals surface area contributed by atoms with E-state index in [-0.39, 0.29) is 11.9 Å². The number of aryl methyl sites for hydroxylation is 2. The highest BCUT2D eigenvalue weighted by molar-refractivity contribution is 6.30. The molecule has 2 heterocycles. The minimum atomic E-state index is 0.0307. The molecule has 1 aliphatic rings. The van der Waals surface area contributed by atoms with Crippen LogP contribution in [0, 0.1) is 13.8 Å². The van der Waals surface area contributed by atoms with Gasteiger partial charge in [-0.2, -0.15) is 0 Å². The average molecular weight is 424 g/mol. The van der Waals surface area contributed by atoms with Gasteiger partial charge in [-0.1, -0.05) is 29.8 Å². The number of amides is 1. The summed E-state index contributed by atoms with van der Waals surface area (Å²) in [5.41, 5.74) is 4.99. The van der Waals surface area contributed by atoms with Gasteiger partial charge >= 0.3 is 0 Å². The fraction of sp³-hybridized carbons (Fsp3) is 0.333. The Morgan fingerprint density at radius 2 is 2.07 bits per heavy atom. The van der Waals surface area contributed by atoms with Crippen molar-refractivity contribution in [2.45, 2.75) is 32.7 Å². The Bertz CT molecular complexity index is 1100. The molecule has 1 atom stereocenters. The molecule has 3 aromatic rings. The van der Waals surface area contributed by atoms with Crippen molar-refractivity contribution in [3.63, 3.8) is 0 Å². The fourth-order valence-electron chi connectivity index (χ4n) is 4.28. The Labute approximate surface area is 182 Å². The highest BCUT2D eigenvalue weighted by atomic mass is 35.5. The van der Waals surface area contributed by atoms with Crippen LogP contribution in [0.2, 0.25) is 5.02 Å². The van der Waals surface area contributed by atoms with E-state index in [2.05, 4.69) is 28.2 Å². The number of carbonyl (C=O) groups is 1. The number of para-hydroxylation sites is 1. The predicted octanol–water partition coefficient (Wildman–Crippen LogP) is 4.45. The summed E-state index contributed by atoms with van der Waals surface area (Å²) in [5.74, 6) is 0.822. The summed E-state index contributed by atoms with van der Waals surface area (Å²) in [6.07, 6.45) is 1.22. The van der Waals surface area contributed by atoms with Gasteiger partial charge in [0, 0.05) is 35.2 Å². The number of hydrogen-bond donors (Lipinski definition) is 1. The normalized spacial score (nSPS) is 16.1. The van der Waals surface area contributed by atoms with Crippen molar-refractivity contribution in [3.05, 3.63) is 64.3 Å². The second kappa shape index (κ2) is 8.52. The number of halogens is 1. The molecule has 1 fully saturated rings. The monoisotopic (exact) mass is 423 g/mol. The molecule has 2 aromatic carbocycles. The summed E-state index contributed by atoms with van der Waals surface area (Å²) in [6.45, 7) is 5.63. The van der Waals surface area contributed by atoms with Gasteiger partial charge in [0.05, 0.1) is 24.7 Å². The lowest BCUT2D eigenvalue weighted by Gasteiger charge is -2.22. The molecule has 30 heavy (non-hydrogen) atoms. The van der Waals surface area contributed by atoms with Crippen LogP contribution >= 0.6 is 11.6 Å². The predicted molar refractivity (Wildman–Crippen MR) is 122 cm³/mol. The Morgan fingerprint density at radius 3 is 2.87 bits per heavy atom. The van der Waals surface area contributed by atoms with Crippen molar-refractivity contribution in [2.75, 3.05) is 25.1 Å². The standard InChI is InChI=1S/C24H26ClN3O2/c1-15-19-6-4-5-7-21(19)26-16(2)20(15)13-24(29)27-18-10-11-28(14-18)22-12-17(25)8-9-23(22)30-3/h4-9,12,18H,10-11,13-14H2,1-3H3,(H,27,29)/t18-/m0/s1. The first kappa shape index (κ1) is 20.5. The van der Waals surface area contributed by atoms with E-state index in [1.165, 1.54) is 0 Å². The zero-order valence-corrected chi connectivity index (χ0v) is 18.3. The fourth-order valence-corrected chi connectivity index (χ4v) is 4.44. The zero-order valence-electron chi connectivity index (χ0n) is 17.5. The van der Waals surface area contributed by atoms with Crippen LogP contribution in [0.4, 0.5) is 5.69 Å². The number of fused-ring (bicyclic) bond motifs is 1. The SMILES string of the molecule is COc1ccc(Cl)cc1N1CC[C@H](NC(=O)Cc2c(C)nc3ccccc3c2C)C1. The van der Waals surface area contributed by atoms with Crippen LogP contribution in [0.5, 0.6) is 5.75 Å². The van der Waals surface area contributed by atoms with Crippen LogP contribution in [-0.4, -0.2) is 37.1 Å². The molecule has 1 amide bonds. The molecule has 1 N–H and O–H groups in total. The summed E-state index contributed by atoms with van der Waals surface area (Å²) in [4.78, 5) is 19.7. The highest BCUT2D eigenvalue weighted by Crippen LogP contribution is 2.33. The third kappa shape index (κ3) is 4.08. The molecule has 0 unspecified atom stereocenters. The van der Waals surface area contributed by atoms with E-state index in [4.69, 9.17) is 16.3 Å². The summed E-state index contributed by atoms with van der Waals surface area (Å²) in [5, 5.41) is 4.98. The molecule has 156 valence electrons. The van der Waals surface area contributed by atoms with E-state index in [0.717, 1.165) is 58.7 Å². The van der Waals surface area contributed by atoms with Gasteiger partial charge in [-0.3, -0.25) is 9.78 Å². The third-order valence-corrected chi connectivity index (χ3v) is 6.09. The van der Waals surface area contributed by atoms with Gasteiger partial charge in [-0.05, 0) is 55.7 Å². The number of anilines is 1. The minimum absolute atomic E-state index is 0.0307. The summed E-state index contributed by atoms with van der Waals surface area (Å²) >= 11 is 6.18. The third-order valence-electron chi connectivity index (χ3n) is 5.86. The number of hydrogen-bond acceptors (Lipinski definition) is 4. The quantitative estimate of drug-likeness (QED) is 0.658. The average Bonchev–Trinajstić information content (AvgIpc) is 3.19. The Balaban J connectivity index is 1.45. The van der Waals surface area contributed by atoms with Crippen LogP contribution in [0.1, 0.15) is 23.2 Å².